The van der Waals surface area contributed by atoms with Crippen molar-refractivity contribution < 1.29 is 4.79 Å². The zero-order chi connectivity index (χ0) is 23.1. The van der Waals surface area contributed by atoms with E-state index in [0.29, 0.717) is 5.65 Å². The van der Waals surface area contributed by atoms with Gasteiger partial charge in [-0.1, -0.05) is 24.3 Å². The number of benzene rings is 1. The number of nitrogens with one attached hydrogen (secondary N) is 1. The van der Waals surface area contributed by atoms with Crippen LogP contribution in [-0.2, 0) is 38.3 Å². The molecule has 3 aromatic heterocycles. The number of nitrogens with zero attached hydrogens (tertiary/aromatic N) is 4. The van der Waals surface area contributed by atoms with Crippen molar-refractivity contribution in [3.8, 4) is 0 Å². The van der Waals surface area contributed by atoms with Gasteiger partial charge in [0.15, 0.2) is 11.2 Å². The first-order valence-corrected chi connectivity index (χ1v) is 11.9. The molecule has 1 aromatic carbocycles. The van der Waals surface area contributed by atoms with Crippen LogP contribution in [0.2, 0.25) is 0 Å². The molecular formula is C24H25N5O3S. The van der Waals surface area contributed by atoms with Crippen molar-refractivity contribution in [3.05, 3.63) is 84.4 Å². The summed E-state index contributed by atoms with van der Waals surface area (Å²) in [5, 5.41) is 5.04. The zero-order valence-electron chi connectivity index (χ0n) is 18.6. The molecule has 33 heavy (non-hydrogen) atoms. The van der Waals surface area contributed by atoms with Crippen LogP contribution in [0, 0.1) is 0 Å². The van der Waals surface area contributed by atoms with Crippen molar-refractivity contribution in [2.24, 2.45) is 14.1 Å². The number of hydrogen-bond donors (Lipinski definition) is 1. The summed E-state index contributed by atoms with van der Waals surface area (Å²) in [5.41, 5.74) is 3.22. The lowest BCUT2D eigenvalue weighted by Crippen LogP contribution is -2.44. The Morgan fingerprint density at radius 1 is 1.15 bits per heavy atom. The molecule has 9 heteroatoms. The molecule has 1 aliphatic carbocycles. The Kier molecular flexibility index (Phi) is 5.49. The highest BCUT2D eigenvalue weighted by Gasteiger charge is 2.22. The number of thiophene rings is 1. The summed E-state index contributed by atoms with van der Waals surface area (Å²) in [6, 6.07) is 10.0. The fourth-order valence-electron chi connectivity index (χ4n) is 4.59. The molecule has 4 aromatic rings. The molecule has 0 spiro atoms. The van der Waals surface area contributed by atoms with Crippen LogP contribution in [0.4, 0.5) is 0 Å². The second-order valence-corrected chi connectivity index (χ2v) is 9.49. The van der Waals surface area contributed by atoms with Gasteiger partial charge in [-0.3, -0.25) is 14.2 Å². The normalized spacial score (nSPS) is 14.2. The largest absolute Gasteiger partial charge is 0.343 e. The second kappa shape index (κ2) is 8.47. The first-order valence-electron chi connectivity index (χ1n) is 11.0. The van der Waals surface area contributed by atoms with Crippen LogP contribution in [0.5, 0.6) is 0 Å². The molecule has 0 saturated carbocycles. The van der Waals surface area contributed by atoms with Gasteiger partial charge in [0.2, 0.25) is 5.91 Å². The van der Waals surface area contributed by atoms with Crippen LogP contribution in [-0.4, -0.2) is 24.6 Å². The van der Waals surface area contributed by atoms with Crippen molar-refractivity contribution in [1.29, 1.82) is 0 Å². The molecule has 0 fully saturated rings. The maximum atomic E-state index is 13.1. The molecule has 5 rings (SSSR count). The van der Waals surface area contributed by atoms with Gasteiger partial charge < -0.3 is 9.88 Å². The summed E-state index contributed by atoms with van der Waals surface area (Å²) < 4.78 is 3.83. The fourth-order valence-corrected chi connectivity index (χ4v) is 5.40. The second-order valence-electron chi connectivity index (χ2n) is 8.51. The summed E-state index contributed by atoms with van der Waals surface area (Å²) in [6.07, 6.45) is 6.01. The number of carbonyl (C=O) groups excluding carboxylic acids is 1. The van der Waals surface area contributed by atoms with Gasteiger partial charge in [0.1, 0.15) is 6.54 Å². The van der Waals surface area contributed by atoms with Crippen molar-refractivity contribution in [2.45, 2.75) is 38.3 Å². The number of rotatable bonds is 5. The SMILES string of the molecule is Cn1cnc2c1c(=O)n(CC(=O)NC(c1ccc3c(c1)CCCC3)c1cccs1)c(=O)n2C. The van der Waals surface area contributed by atoms with Crippen LogP contribution in [0.25, 0.3) is 11.2 Å². The molecule has 8 nitrogen and oxygen atoms in total. The van der Waals surface area contributed by atoms with Gasteiger partial charge in [0.25, 0.3) is 5.56 Å². The standard InChI is InChI=1S/C24H25N5O3S/c1-27-14-25-22-21(27)23(31)29(24(32)28(22)2)13-19(30)26-20(18-8-5-11-33-18)17-10-9-15-6-3-4-7-16(15)12-17/h5,8-12,14,20H,3-4,6-7,13H2,1-2H3,(H,26,30). The molecule has 1 unspecified atom stereocenters. The van der Waals surface area contributed by atoms with Crippen molar-refractivity contribution in [1.82, 2.24) is 24.0 Å². The molecule has 1 N–H and O–H groups in total. The summed E-state index contributed by atoms with van der Waals surface area (Å²) in [7, 11) is 3.24. The molecule has 0 bridgehead atoms. The Labute approximate surface area is 194 Å². The average molecular weight is 464 g/mol. The van der Waals surface area contributed by atoms with E-state index in [1.54, 1.807) is 30.0 Å². The number of aromatic nitrogens is 4. The average Bonchev–Trinajstić information content (AvgIpc) is 3.49. The molecule has 0 saturated heterocycles. The van der Waals surface area contributed by atoms with Gasteiger partial charge in [-0.2, -0.15) is 0 Å². The highest BCUT2D eigenvalue weighted by molar-refractivity contribution is 7.10. The predicted octanol–water partition coefficient (Wildman–Crippen LogP) is 2.28. The Hall–Kier alpha value is -3.46. The topological polar surface area (TPSA) is 90.9 Å². The maximum Gasteiger partial charge on any atom is 0.332 e. The van der Waals surface area contributed by atoms with E-state index < -0.39 is 17.2 Å². The van der Waals surface area contributed by atoms with Gasteiger partial charge in [0.05, 0.1) is 12.4 Å². The zero-order valence-corrected chi connectivity index (χ0v) is 19.4. The smallest absolute Gasteiger partial charge is 0.332 e. The third kappa shape index (κ3) is 3.82. The van der Waals surface area contributed by atoms with Crippen LogP contribution in [0.1, 0.15) is 40.5 Å². The number of hydrogen-bond acceptors (Lipinski definition) is 5. The van der Waals surface area contributed by atoms with E-state index in [4.69, 9.17) is 0 Å². The van der Waals surface area contributed by atoms with Crippen LogP contribution >= 0.6 is 11.3 Å². The first kappa shape index (κ1) is 21.4. The van der Waals surface area contributed by atoms with Gasteiger partial charge in [-0.15, -0.1) is 11.3 Å². The van der Waals surface area contributed by atoms with Gasteiger partial charge >= 0.3 is 5.69 Å². The monoisotopic (exact) mass is 463 g/mol. The molecular weight excluding hydrogens is 438 g/mol. The minimum Gasteiger partial charge on any atom is -0.343 e. The number of aryl methyl sites for hydroxylation is 4. The third-order valence-corrected chi connectivity index (χ3v) is 7.28. The van der Waals surface area contributed by atoms with E-state index in [1.807, 2.05) is 17.5 Å². The predicted molar refractivity (Wildman–Crippen MR) is 128 cm³/mol. The number of fused-ring (bicyclic) bond motifs is 2. The highest BCUT2D eigenvalue weighted by atomic mass is 32.1. The van der Waals surface area contributed by atoms with E-state index in [1.165, 1.54) is 34.9 Å². The van der Waals surface area contributed by atoms with Gasteiger partial charge in [-0.05, 0) is 53.8 Å². The van der Waals surface area contributed by atoms with Crippen molar-refractivity contribution >= 4 is 28.4 Å². The summed E-state index contributed by atoms with van der Waals surface area (Å²) in [4.78, 5) is 44.0. The lowest BCUT2D eigenvalue weighted by atomic mass is 9.89. The van der Waals surface area contributed by atoms with Crippen molar-refractivity contribution in [2.75, 3.05) is 0 Å². The van der Waals surface area contributed by atoms with Gasteiger partial charge in [-0.25, -0.2) is 14.3 Å². The Bertz CT molecular complexity index is 1460. The Balaban J connectivity index is 1.48. The number of carbonyl (C=O) groups is 1. The maximum absolute atomic E-state index is 13.1. The van der Waals surface area contributed by atoms with Gasteiger partial charge in [0, 0.05) is 19.0 Å². The summed E-state index contributed by atoms with van der Waals surface area (Å²) >= 11 is 1.56. The van der Waals surface area contributed by atoms with E-state index in [2.05, 4.69) is 28.5 Å². The third-order valence-electron chi connectivity index (χ3n) is 6.34. The molecule has 0 aliphatic heterocycles. The quantitative estimate of drug-likeness (QED) is 0.492. The minimum atomic E-state index is -0.567. The molecule has 1 aliphatic rings. The van der Waals surface area contributed by atoms with Crippen LogP contribution < -0.4 is 16.6 Å². The Morgan fingerprint density at radius 3 is 2.70 bits per heavy atom. The number of imidazole rings is 1. The molecule has 0 radical (unpaired) electrons. The first-order chi connectivity index (χ1) is 15.9. The van der Waals surface area contributed by atoms with Crippen molar-refractivity contribution in [3.63, 3.8) is 0 Å². The van der Waals surface area contributed by atoms with E-state index in [0.717, 1.165) is 27.8 Å². The van der Waals surface area contributed by atoms with Crippen LogP contribution in [0.3, 0.4) is 0 Å². The van der Waals surface area contributed by atoms with E-state index in [9.17, 15) is 14.4 Å². The molecule has 3 heterocycles. The minimum absolute atomic E-state index is 0.286. The lowest BCUT2D eigenvalue weighted by Gasteiger charge is -2.22. The molecule has 170 valence electrons. The highest BCUT2D eigenvalue weighted by Crippen LogP contribution is 2.30. The molecule has 1 amide bonds. The lowest BCUT2D eigenvalue weighted by molar-refractivity contribution is -0.122. The Morgan fingerprint density at radius 2 is 1.94 bits per heavy atom. The summed E-state index contributed by atoms with van der Waals surface area (Å²) in [6.45, 7) is -0.362. The van der Waals surface area contributed by atoms with Crippen LogP contribution in [0.15, 0.2) is 51.6 Å². The van der Waals surface area contributed by atoms with E-state index in [-0.39, 0.29) is 18.1 Å². The molecule has 1 atom stereocenters. The van der Waals surface area contributed by atoms with E-state index >= 15 is 0 Å². The number of amides is 1. The fraction of sp³-hybridized carbons (Fsp3) is 0.333. The summed E-state index contributed by atoms with van der Waals surface area (Å²) in [5.74, 6) is -0.396.